The van der Waals surface area contributed by atoms with E-state index in [-0.39, 0.29) is 31.2 Å². The standard InChI is InChI=1S/C6H11N3O4/c1-5(7)4-6(10)8-2-3-13-9(11)12/h7H,2-4H2,1H3,(H,8,10). The second kappa shape index (κ2) is 5.92. The maximum atomic E-state index is 10.8. The van der Waals surface area contributed by atoms with Gasteiger partial charge in [0.15, 0.2) is 0 Å². The Balaban J connectivity index is 3.37. The highest BCUT2D eigenvalue weighted by molar-refractivity contribution is 5.98. The molecule has 0 aliphatic rings. The fourth-order valence-electron chi connectivity index (χ4n) is 0.614. The molecule has 0 saturated carbocycles. The van der Waals surface area contributed by atoms with Crippen molar-refractivity contribution in [1.82, 2.24) is 5.32 Å². The van der Waals surface area contributed by atoms with E-state index in [0.29, 0.717) is 0 Å². The van der Waals surface area contributed by atoms with E-state index < -0.39 is 5.09 Å². The zero-order valence-electron chi connectivity index (χ0n) is 7.20. The molecule has 2 N–H and O–H groups in total. The normalized spacial score (nSPS) is 9.00. The molecule has 0 aromatic heterocycles. The Morgan fingerprint density at radius 2 is 2.31 bits per heavy atom. The topological polar surface area (TPSA) is 105 Å². The maximum absolute atomic E-state index is 10.8. The monoisotopic (exact) mass is 189 g/mol. The van der Waals surface area contributed by atoms with Crippen LogP contribution in [0.5, 0.6) is 0 Å². The molecule has 0 bridgehead atoms. The van der Waals surface area contributed by atoms with Gasteiger partial charge in [-0.1, -0.05) is 0 Å². The number of rotatable bonds is 6. The van der Waals surface area contributed by atoms with Crippen molar-refractivity contribution in [3.8, 4) is 0 Å². The minimum Gasteiger partial charge on any atom is -0.354 e. The summed E-state index contributed by atoms with van der Waals surface area (Å²) in [5.41, 5.74) is 0.243. The van der Waals surface area contributed by atoms with Crippen LogP contribution in [0.2, 0.25) is 0 Å². The van der Waals surface area contributed by atoms with Crippen LogP contribution in [0.1, 0.15) is 13.3 Å². The zero-order chi connectivity index (χ0) is 10.3. The van der Waals surface area contributed by atoms with Crippen LogP contribution < -0.4 is 5.32 Å². The van der Waals surface area contributed by atoms with E-state index in [2.05, 4.69) is 10.2 Å². The third-order valence-corrected chi connectivity index (χ3v) is 1.05. The molecule has 0 aromatic rings. The van der Waals surface area contributed by atoms with Gasteiger partial charge in [0.1, 0.15) is 6.61 Å². The first kappa shape index (κ1) is 11.3. The van der Waals surface area contributed by atoms with E-state index in [1.165, 1.54) is 6.92 Å². The lowest BCUT2D eigenvalue weighted by Crippen LogP contribution is -2.28. The van der Waals surface area contributed by atoms with Gasteiger partial charge in [-0.25, -0.2) is 0 Å². The minimum atomic E-state index is -0.923. The Morgan fingerprint density at radius 3 is 2.77 bits per heavy atom. The summed E-state index contributed by atoms with van der Waals surface area (Å²) in [6.45, 7) is 1.41. The number of hydrogen-bond donors (Lipinski definition) is 2. The van der Waals surface area contributed by atoms with E-state index in [9.17, 15) is 14.9 Å². The summed E-state index contributed by atoms with van der Waals surface area (Å²) in [6, 6.07) is 0. The van der Waals surface area contributed by atoms with Crippen molar-refractivity contribution in [2.75, 3.05) is 13.2 Å². The summed E-state index contributed by atoms with van der Waals surface area (Å²) in [6.07, 6.45) is 0.0124. The lowest BCUT2D eigenvalue weighted by molar-refractivity contribution is -0.757. The average Bonchev–Trinajstić information content (AvgIpc) is 1.96. The van der Waals surface area contributed by atoms with Gasteiger partial charge in [-0.05, 0) is 6.92 Å². The van der Waals surface area contributed by atoms with E-state index >= 15 is 0 Å². The first-order valence-electron chi connectivity index (χ1n) is 3.60. The van der Waals surface area contributed by atoms with Gasteiger partial charge in [0, 0.05) is 12.3 Å². The maximum Gasteiger partial charge on any atom is 0.294 e. The fourth-order valence-corrected chi connectivity index (χ4v) is 0.614. The lowest BCUT2D eigenvalue weighted by atomic mass is 10.3. The number of carbonyl (C=O) groups excluding carboxylic acids is 1. The molecular weight excluding hydrogens is 178 g/mol. The smallest absolute Gasteiger partial charge is 0.294 e. The first-order valence-corrected chi connectivity index (χ1v) is 3.60. The number of carbonyl (C=O) groups is 1. The second-order valence-electron chi connectivity index (χ2n) is 2.36. The van der Waals surface area contributed by atoms with Gasteiger partial charge >= 0.3 is 0 Å². The SMILES string of the molecule is CC(=N)CC(=O)NCCO[N+](=O)[O-]. The minimum absolute atomic E-state index is 0.0124. The molecule has 0 heterocycles. The Morgan fingerprint density at radius 1 is 1.69 bits per heavy atom. The van der Waals surface area contributed by atoms with Crippen LogP contribution in [0.25, 0.3) is 0 Å². The second-order valence-corrected chi connectivity index (χ2v) is 2.36. The van der Waals surface area contributed by atoms with Crippen molar-refractivity contribution < 1.29 is 14.7 Å². The van der Waals surface area contributed by atoms with Crippen LogP contribution in [-0.2, 0) is 9.63 Å². The highest BCUT2D eigenvalue weighted by Crippen LogP contribution is 1.81. The van der Waals surface area contributed by atoms with E-state index in [4.69, 9.17) is 5.41 Å². The van der Waals surface area contributed by atoms with Crippen LogP contribution in [0.4, 0.5) is 0 Å². The quantitative estimate of drug-likeness (QED) is 0.260. The van der Waals surface area contributed by atoms with Crippen LogP contribution in [0.15, 0.2) is 0 Å². The molecule has 0 rings (SSSR count). The third kappa shape index (κ3) is 8.24. The molecule has 7 nitrogen and oxygen atoms in total. The van der Waals surface area contributed by atoms with Crippen molar-refractivity contribution in [2.24, 2.45) is 0 Å². The van der Waals surface area contributed by atoms with Crippen molar-refractivity contribution in [2.45, 2.75) is 13.3 Å². The molecule has 0 aromatic carbocycles. The van der Waals surface area contributed by atoms with E-state index in [1.54, 1.807) is 0 Å². The largest absolute Gasteiger partial charge is 0.354 e. The predicted molar refractivity (Wildman–Crippen MR) is 44.0 cm³/mol. The molecule has 0 aliphatic carbocycles. The number of amides is 1. The summed E-state index contributed by atoms with van der Waals surface area (Å²) in [4.78, 5) is 24.4. The molecule has 0 spiro atoms. The Bertz CT molecular complexity index is 216. The molecule has 0 fully saturated rings. The molecule has 74 valence electrons. The van der Waals surface area contributed by atoms with Crippen LogP contribution in [-0.4, -0.2) is 29.9 Å². The molecule has 0 radical (unpaired) electrons. The molecule has 7 heteroatoms. The molecule has 0 unspecified atom stereocenters. The fraction of sp³-hybridized carbons (Fsp3) is 0.667. The van der Waals surface area contributed by atoms with Gasteiger partial charge in [-0.15, -0.1) is 10.1 Å². The lowest BCUT2D eigenvalue weighted by Gasteiger charge is -2.02. The summed E-state index contributed by atoms with van der Waals surface area (Å²) >= 11 is 0. The molecular formula is C6H11N3O4. The van der Waals surface area contributed by atoms with Gasteiger partial charge in [-0.2, -0.15) is 0 Å². The highest BCUT2D eigenvalue weighted by atomic mass is 16.9. The Kier molecular flexibility index (Phi) is 5.17. The van der Waals surface area contributed by atoms with Crippen molar-refractivity contribution >= 4 is 11.6 Å². The Labute approximate surface area is 74.7 Å². The predicted octanol–water partition coefficient (Wildman–Crippen LogP) is -0.259. The molecule has 0 atom stereocenters. The number of hydrogen-bond acceptors (Lipinski definition) is 5. The van der Waals surface area contributed by atoms with Gasteiger partial charge in [-0.3, -0.25) is 4.79 Å². The van der Waals surface area contributed by atoms with Crippen LogP contribution in [0, 0.1) is 15.5 Å². The van der Waals surface area contributed by atoms with Crippen molar-refractivity contribution in [3.63, 3.8) is 0 Å². The van der Waals surface area contributed by atoms with Gasteiger partial charge in [0.05, 0.1) is 6.42 Å². The van der Waals surface area contributed by atoms with E-state index in [1.807, 2.05) is 0 Å². The average molecular weight is 189 g/mol. The van der Waals surface area contributed by atoms with Gasteiger partial charge < -0.3 is 15.6 Å². The molecule has 13 heavy (non-hydrogen) atoms. The summed E-state index contributed by atoms with van der Waals surface area (Å²) in [5, 5.41) is 18.1. The third-order valence-electron chi connectivity index (χ3n) is 1.05. The summed E-state index contributed by atoms with van der Waals surface area (Å²) in [5.74, 6) is -0.334. The zero-order valence-corrected chi connectivity index (χ0v) is 7.20. The van der Waals surface area contributed by atoms with Crippen LogP contribution in [0.3, 0.4) is 0 Å². The first-order chi connectivity index (χ1) is 6.02. The summed E-state index contributed by atoms with van der Waals surface area (Å²) in [7, 11) is 0. The number of nitrogens with zero attached hydrogens (tertiary/aromatic N) is 1. The van der Waals surface area contributed by atoms with Gasteiger partial charge in [0.25, 0.3) is 5.09 Å². The van der Waals surface area contributed by atoms with Gasteiger partial charge in [0.2, 0.25) is 5.91 Å². The molecule has 1 amide bonds. The number of nitrogens with one attached hydrogen (secondary N) is 2. The summed E-state index contributed by atoms with van der Waals surface area (Å²) < 4.78 is 0. The van der Waals surface area contributed by atoms with Crippen LogP contribution >= 0.6 is 0 Å². The Hall–Kier alpha value is -1.66. The molecule has 0 saturated heterocycles. The van der Waals surface area contributed by atoms with Crippen molar-refractivity contribution in [3.05, 3.63) is 10.1 Å². The molecule has 0 aliphatic heterocycles. The van der Waals surface area contributed by atoms with E-state index in [0.717, 1.165) is 0 Å². The van der Waals surface area contributed by atoms with Crippen molar-refractivity contribution in [1.29, 1.82) is 5.41 Å². The highest BCUT2D eigenvalue weighted by Gasteiger charge is 2.01.